The first-order chi connectivity index (χ1) is 10.2. The van der Waals surface area contributed by atoms with E-state index in [0.29, 0.717) is 5.92 Å². The Kier molecular flexibility index (Phi) is 5.38. The Bertz CT molecular complexity index is 522. The van der Waals surface area contributed by atoms with Crippen molar-refractivity contribution in [2.75, 3.05) is 27.7 Å². The Hall–Kier alpha value is -2.29. The molecular weight excluding hydrogens is 258 g/mol. The summed E-state index contributed by atoms with van der Waals surface area (Å²) in [4.78, 5) is 6.27. The van der Waals surface area contributed by atoms with Crippen LogP contribution in [-0.2, 0) is 0 Å². The van der Waals surface area contributed by atoms with Crippen LogP contribution < -0.4 is 5.32 Å². The van der Waals surface area contributed by atoms with Crippen molar-refractivity contribution in [3.8, 4) is 0 Å². The first-order valence-corrected chi connectivity index (χ1v) is 7.20. The zero-order valence-electron chi connectivity index (χ0n) is 13.0. The standard InChI is InChI=1S/C18H23N3/c1-19-18(21(2)3)20-14-17(15-10-6-4-7-11-15)16-12-8-5-9-13-16/h4-13,17H,14H2,1-3H3,(H,19,20). The Morgan fingerprint density at radius 1 is 0.952 bits per heavy atom. The molecule has 0 bridgehead atoms. The van der Waals surface area contributed by atoms with Gasteiger partial charge in [0, 0.05) is 33.6 Å². The molecule has 0 aliphatic carbocycles. The average molecular weight is 281 g/mol. The minimum atomic E-state index is 0.309. The van der Waals surface area contributed by atoms with E-state index >= 15 is 0 Å². The van der Waals surface area contributed by atoms with Gasteiger partial charge >= 0.3 is 0 Å². The average Bonchev–Trinajstić information content (AvgIpc) is 2.53. The monoisotopic (exact) mass is 281 g/mol. The topological polar surface area (TPSA) is 27.6 Å². The number of guanidine groups is 1. The number of hydrogen-bond donors (Lipinski definition) is 1. The van der Waals surface area contributed by atoms with Crippen LogP contribution in [0.15, 0.2) is 65.7 Å². The summed E-state index contributed by atoms with van der Waals surface area (Å²) < 4.78 is 0. The highest BCUT2D eigenvalue weighted by atomic mass is 15.3. The third-order valence-corrected chi connectivity index (χ3v) is 3.50. The van der Waals surface area contributed by atoms with Crippen molar-refractivity contribution in [1.29, 1.82) is 0 Å². The minimum absolute atomic E-state index is 0.309. The molecule has 0 aliphatic heterocycles. The molecule has 0 fully saturated rings. The van der Waals surface area contributed by atoms with Crippen molar-refractivity contribution < 1.29 is 0 Å². The molecule has 0 spiro atoms. The van der Waals surface area contributed by atoms with Crippen LogP contribution in [0.2, 0.25) is 0 Å². The number of hydrogen-bond acceptors (Lipinski definition) is 1. The van der Waals surface area contributed by atoms with E-state index in [1.807, 2.05) is 26.0 Å². The van der Waals surface area contributed by atoms with Crippen LogP contribution in [0, 0.1) is 0 Å². The summed E-state index contributed by atoms with van der Waals surface area (Å²) in [5.74, 6) is 1.20. The minimum Gasteiger partial charge on any atom is -0.355 e. The maximum absolute atomic E-state index is 4.28. The lowest BCUT2D eigenvalue weighted by Gasteiger charge is -2.22. The molecule has 0 aliphatic rings. The van der Waals surface area contributed by atoms with Gasteiger partial charge in [-0.3, -0.25) is 4.99 Å². The van der Waals surface area contributed by atoms with Gasteiger partial charge in [0.05, 0.1) is 0 Å². The molecule has 0 saturated heterocycles. The SMILES string of the molecule is CN=C(NCC(c1ccccc1)c1ccccc1)N(C)C. The molecule has 3 nitrogen and oxygen atoms in total. The Morgan fingerprint density at radius 3 is 1.81 bits per heavy atom. The summed E-state index contributed by atoms with van der Waals surface area (Å²) in [6, 6.07) is 21.2. The second kappa shape index (κ2) is 7.48. The van der Waals surface area contributed by atoms with Crippen molar-refractivity contribution in [3.63, 3.8) is 0 Å². The van der Waals surface area contributed by atoms with Gasteiger partial charge in [-0.15, -0.1) is 0 Å². The molecule has 2 aromatic rings. The van der Waals surface area contributed by atoms with Crippen molar-refractivity contribution in [1.82, 2.24) is 10.2 Å². The lowest BCUT2D eigenvalue weighted by molar-refractivity contribution is 0.576. The van der Waals surface area contributed by atoms with Gasteiger partial charge in [-0.05, 0) is 11.1 Å². The van der Waals surface area contributed by atoms with Crippen molar-refractivity contribution in [3.05, 3.63) is 71.8 Å². The van der Waals surface area contributed by atoms with Crippen molar-refractivity contribution >= 4 is 5.96 Å². The molecule has 0 aromatic heterocycles. The zero-order valence-corrected chi connectivity index (χ0v) is 13.0. The Balaban J connectivity index is 2.22. The summed E-state index contributed by atoms with van der Waals surface area (Å²) >= 11 is 0. The largest absolute Gasteiger partial charge is 0.355 e. The molecule has 0 amide bonds. The van der Waals surface area contributed by atoms with E-state index in [0.717, 1.165) is 12.5 Å². The normalized spacial score (nSPS) is 11.5. The molecule has 0 atom stereocenters. The van der Waals surface area contributed by atoms with Crippen molar-refractivity contribution in [2.45, 2.75) is 5.92 Å². The van der Waals surface area contributed by atoms with Gasteiger partial charge in [-0.1, -0.05) is 60.7 Å². The lowest BCUT2D eigenvalue weighted by atomic mass is 9.91. The lowest BCUT2D eigenvalue weighted by Crippen LogP contribution is -2.38. The van der Waals surface area contributed by atoms with Crippen LogP contribution >= 0.6 is 0 Å². The van der Waals surface area contributed by atoms with Gasteiger partial charge in [-0.2, -0.15) is 0 Å². The summed E-state index contributed by atoms with van der Waals surface area (Å²) in [6.07, 6.45) is 0. The molecule has 0 radical (unpaired) electrons. The van der Waals surface area contributed by atoms with E-state index < -0.39 is 0 Å². The summed E-state index contributed by atoms with van der Waals surface area (Å²) in [7, 11) is 5.80. The highest BCUT2D eigenvalue weighted by molar-refractivity contribution is 5.79. The maximum atomic E-state index is 4.28. The van der Waals surface area contributed by atoms with E-state index in [9.17, 15) is 0 Å². The summed E-state index contributed by atoms with van der Waals surface area (Å²) in [5.41, 5.74) is 2.62. The fourth-order valence-electron chi connectivity index (χ4n) is 2.43. The zero-order chi connectivity index (χ0) is 15.1. The van der Waals surface area contributed by atoms with E-state index in [1.54, 1.807) is 0 Å². The molecule has 1 N–H and O–H groups in total. The molecule has 2 rings (SSSR count). The summed E-state index contributed by atoms with van der Waals surface area (Å²) in [6.45, 7) is 0.818. The summed E-state index contributed by atoms with van der Waals surface area (Å²) in [5, 5.41) is 3.44. The second-order valence-electron chi connectivity index (χ2n) is 5.20. The van der Waals surface area contributed by atoms with E-state index in [1.165, 1.54) is 11.1 Å². The highest BCUT2D eigenvalue weighted by Crippen LogP contribution is 2.23. The molecular formula is C18H23N3. The number of nitrogens with zero attached hydrogens (tertiary/aromatic N) is 2. The van der Waals surface area contributed by atoms with Crippen LogP contribution in [-0.4, -0.2) is 38.5 Å². The van der Waals surface area contributed by atoms with Crippen LogP contribution in [0.4, 0.5) is 0 Å². The van der Waals surface area contributed by atoms with Gasteiger partial charge in [0.2, 0.25) is 0 Å². The predicted molar refractivity (Wildman–Crippen MR) is 89.8 cm³/mol. The quantitative estimate of drug-likeness (QED) is 0.689. The van der Waals surface area contributed by atoms with Crippen LogP contribution in [0.1, 0.15) is 17.0 Å². The maximum Gasteiger partial charge on any atom is 0.193 e. The third-order valence-electron chi connectivity index (χ3n) is 3.50. The molecule has 2 aromatic carbocycles. The van der Waals surface area contributed by atoms with Crippen LogP contribution in [0.5, 0.6) is 0 Å². The third kappa shape index (κ3) is 4.09. The first kappa shape index (κ1) is 15.1. The molecule has 3 heteroatoms. The van der Waals surface area contributed by atoms with E-state index in [-0.39, 0.29) is 0 Å². The highest BCUT2D eigenvalue weighted by Gasteiger charge is 2.14. The van der Waals surface area contributed by atoms with Gasteiger partial charge < -0.3 is 10.2 Å². The number of benzene rings is 2. The van der Waals surface area contributed by atoms with E-state index in [4.69, 9.17) is 0 Å². The fourth-order valence-corrected chi connectivity index (χ4v) is 2.43. The van der Waals surface area contributed by atoms with Crippen molar-refractivity contribution in [2.24, 2.45) is 4.99 Å². The smallest absolute Gasteiger partial charge is 0.193 e. The number of rotatable bonds is 4. The molecule has 21 heavy (non-hydrogen) atoms. The fraction of sp³-hybridized carbons (Fsp3) is 0.278. The van der Waals surface area contributed by atoms with Gasteiger partial charge in [0.25, 0.3) is 0 Å². The second-order valence-corrected chi connectivity index (χ2v) is 5.20. The number of aliphatic imine (C=N–C) groups is 1. The Labute approximate surface area is 127 Å². The van der Waals surface area contributed by atoms with Gasteiger partial charge in [0.1, 0.15) is 0 Å². The first-order valence-electron chi connectivity index (χ1n) is 7.20. The van der Waals surface area contributed by atoms with E-state index in [2.05, 4.69) is 71.0 Å². The molecule has 110 valence electrons. The van der Waals surface area contributed by atoms with Crippen LogP contribution in [0.25, 0.3) is 0 Å². The molecule has 0 unspecified atom stereocenters. The Morgan fingerprint density at radius 2 is 1.43 bits per heavy atom. The molecule has 0 saturated carbocycles. The van der Waals surface area contributed by atoms with Gasteiger partial charge in [0.15, 0.2) is 5.96 Å². The van der Waals surface area contributed by atoms with Crippen LogP contribution in [0.3, 0.4) is 0 Å². The predicted octanol–water partition coefficient (Wildman–Crippen LogP) is 2.96. The number of nitrogens with one attached hydrogen (secondary N) is 1. The molecule has 0 heterocycles. The van der Waals surface area contributed by atoms with Gasteiger partial charge in [-0.25, -0.2) is 0 Å².